The molecule has 1 heterocycles. The molecule has 4 N–H and O–H groups in total. The first-order chi connectivity index (χ1) is 17.1. The van der Waals surface area contributed by atoms with Gasteiger partial charge < -0.3 is 25.3 Å². The van der Waals surface area contributed by atoms with Gasteiger partial charge >= 0.3 is 6.16 Å². The number of aromatic nitrogens is 1. The lowest BCUT2D eigenvalue weighted by molar-refractivity contribution is -0.727. The molecule has 0 aliphatic heterocycles. The molecule has 0 aliphatic rings. The predicted molar refractivity (Wildman–Crippen MR) is 133 cm³/mol. The number of carbonyl (C=O) groups is 1. The Bertz CT molecular complexity index is 948. The van der Waals surface area contributed by atoms with Gasteiger partial charge in [-0.25, -0.2) is 4.79 Å². The van der Waals surface area contributed by atoms with Crippen LogP contribution in [0.25, 0.3) is 0 Å². The van der Waals surface area contributed by atoms with Gasteiger partial charge in [-0.1, -0.05) is 18.0 Å². The fourth-order valence-corrected chi connectivity index (χ4v) is 2.94. The number of unbranched alkanes of at least 4 members (excludes halogenated alkanes) is 3. The largest absolute Gasteiger partial charge is 0.513 e. The number of anilines is 1. The Balaban J connectivity index is 1.64. The number of guanidine groups is 1. The Hall–Kier alpha value is -3.55. The standard InChI is InChI=1S/C24H31ClN6O4/c25-20-6-8-22(9-7-20)33-16-4-2-1-3-13-28-23(29-18-27)30-21-10-14-31(15-11-21)19-35-24(32)34-17-5-12-26/h6-11,14-15H,1-5,12-13,16-17,19,26H2,(H,28,29)/p+1. The van der Waals surface area contributed by atoms with Crippen molar-refractivity contribution in [2.24, 2.45) is 10.7 Å². The second-order valence-electron chi connectivity index (χ2n) is 7.42. The van der Waals surface area contributed by atoms with E-state index in [0.717, 1.165) is 37.1 Å². The maximum atomic E-state index is 11.5. The number of aliphatic imine (C=N–C) groups is 1. The van der Waals surface area contributed by atoms with E-state index in [-0.39, 0.29) is 13.3 Å². The number of hydrogen-bond donors (Lipinski definition) is 3. The van der Waals surface area contributed by atoms with Crippen molar-refractivity contribution in [3.8, 4) is 11.9 Å². The Kier molecular flexibility index (Phi) is 13.4. The van der Waals surface area contributed by atoms with Gasteiger partial charge in [0.25, 0.3) is 6.73 Å². The van der Waals surface area contributed by atoms with Crippen molar-refractivity contribution >= 4 is 29.4 Å². The summed E-state index contributed by atoms with van der Waals surface area (Å²) in [6.45, 7) is 1.94. The average Bonchev–Trinajstić information content (AvgIpc) is 2.86. The number of benzene rings is 1. The minimum Gasteiger partial charge on any atom is -0.494 e. The maximum Gasteiger partial charge on any atom is 0.513 e. The van der Waals surface area contributed by atoms with Gasteiger partial charge in [0.05, 0.1) is 18.9 Å². The van der Waals surface area contributed by atoms with Gasteiger partial charge in [-0.3, -0.25) is 10.3 Å². The van der Waals surface area contributed by atoms with E-state index in [1.54, 1.807) is 29.1 Å². The third-order valence-electron chi connectivity index (χ3n) is 4.63. The van der Waals surface area contributed by atoms with Crippen molar-refractivity contribution in [3.63, 3.8) is 0 Å². The molecular formula is C24H32ClN6O4+. The number of nitrogens with one attached hydrogen (secondary N) is 2. The fraction of sp³-hybridized carbons (Fsp3) is 0.417. The van der Waals surface area contributed by atoms with Crippen LogP contribution in [0.15, 0.2) is 53.8 Å². The molecule has 0 spiro atoms. The summed E-state index contributed by atoms with van der Waals surface area (Å²) in [5.41, 5.74) is 6.07. The third-order valence-corrected chi connectivity index (χ3v) is 4.88. The van der Waals surface area contributed by atoms with Gasteiger partial charge in [0, 0.05) is 23.7 Å². The molecule has 11 heteroatoms. The highest BCUT2D eigenvalue weighted by Crippen LogP contribution is 2.16. The van der Waals surface area contributed by atoms with Gasteiger partial charge in [-0.2, -0.15) is 9.83 Å². The Labute approximate surface area is 210 Å². The molecule has 2 rings (SSSR count). The lowest BCUT2D eigenvalue weighted by Crippen LogP contribution is -2.36. The summed E-state index contributed by atoms with van der Waals surface area (Å²) in [6.07, 6.45) is 9.07. The number of rotatable bonds is 14. The first-order valence-corrected chi connectivity index (χ1v) is 11.8. The second-order valence-corrected chi connectivity index (χ2v) is 7.86. The van der Waals surface area contributed by atoms with Gasteiger partial charge in [-0.15, -0.1) is 0 Å². The van der Waals surface area contributed by atoms with E-state index in [2.05, 4.69) is 15.6 Å². The molecule has 188 valence electrons. The first-order valence-electron chi connectivity index (χ1n) is 11.4. The highest BCUT2D eigenvalue weighted by Gasteiger charge is 2.08. The second kappa shape index (κ2) is 17.0. The lowest BCUT2D eigenvalue weighted by atomic mass is 10.2. The molecule has 0 amide bonds. The SMILES string of the molecule is N#CNC(=NCCCCCCOc1ccc(Cl)cc1)Nc1cc[n+](COC(=O)OCCCN)cc1. The molecule has 35 heavy (non-hydrogen) atoms. The van der Waals surface area contributed by atoms with Crippen LogP contribution in [-0.4, -0.2) is 38.4 Å². The Morgan fingerprint density at radius 2 is 1.77 bits per heavy atom. The van der Waals surface area contributed by atoms with Crippen LogP contribution in [-0.2, 0) is 16.2 Å². The maximum absolute atomic E-state index is 11.5. The van der Waals surface area contributed by atoms with E-state index in [1.807, 2.05) is 30.5 Å². The zero-order valence-electron chi connectivity index (χ0n) is 19.6. The number of nitrogens with two attached hydrogens (primary N) is 1. The molecule has 0 saturated carbocycles. The minimum absolute atomic E-state index is 0.0177. The molecule has 0 aliphatic carbocycles. The van der Waals surface area contributed by atoms with Crippen molar-refractivity contribution in [2.75, 3.05) is 31.6 Å². The van der Waals surface area contributed by atoms with Crippen molar-refractivity contribution in [3.05, 3.63) is 53.8 Å². The Morgan fingerprint density at radius 1 is 1.03 bits per heavy atom. The van der Waals surface area contributed by atoms with E-state index in [0.29, 0.717) is 37.1 Å². The number of hydrogen-bond acceptors (Lipinski definition) is 7. The zero-order valence-corrected chi connectivity index (χ0v) is 20.4. The van der Waals surface area contributed by atoms with Crippen LogP contribution in [0.2, 0.25) is 5.02 Å². The van der Waals surface area contributed by atoms with Crippen LogP contribution < -0.4 is 25.7 Å². The third kappa shape index (κ3) is 12.5. The molecular weight excluding hydrogens is 472 g/mol. The summed E-state index contributed by atoms with van der Waals surface area (Å²) in [7, 11) is 0. The van der Waals surface area contributed by atoms with Gasteiger partial charge in [-0.05, 0) is 56.5 Å². The predicted octanol–water partition coefficient (Wildman–Crippen LogP) is 3.56. The fourth-order valence-electron chi connectivity index (χ4n) is 2.81. The van der Waals surface area contributed by atoms with E-state index < -0.39 is 6.16 Å². The van der Waals surface area contributed by atoms with Crippen molar-refractivity contribution < 1.29 is 23.6 Å². The zero-order chi connectivity index (χ0) is 25.1. The first kappa shape index (κ1) is 27.7. The molecule has 0 saturated heterocycles. The van der Waals surface area contributed by atoms with E-state index in [1.165, 1.54) is 0 Å². The minimum atomic E-state index is -0.741. The van der Waals surface area contributed by atoms with Crippen LogP contribution >= 0.6 is 11.6 Å². The molecule has 1 aromatic carbocycles. The normalized spacial score (nSPS) is 10.8. The Morgan fingerprint density at radius 3 is 2.49 bits per heavy atom. The van der Waals surface area contributed by atoms with Gasteiger partial charge in [0.15, 0.2) is 18.6 Å². The molecule has 10 nitrogen and oxygen atoms in total. The number of ether oxygens (including phenoxy) is 3. The summed E-state index contributed by atoms with van der Waals surface area (Å²) in [5, 5.41) is 15.3. The molecule has 0 atom stereocenters. The van der Waals surface area contributed by atoms with Crippen molar-refractivity contribution in [1.29, 1.82) is 5.26 Å². The average molecular weight is 504 g/mol. The van der Waals surface area contributed by atoms with E-state index >= 15 is 0 Å². The molecule has 0 bridgehead atoms. The smallest absolute Gasteiger partial charge is 0.494 e. The number of carbonyl (C=O) groups excluding carboxylic acids is 1. The molecule has 0 fully saturated rings. The van der Waals surface area contributed by atoms with Crippen LogP contribution in [0.1, 0.15) is 32.1 Å². The summed E-state index contributed by atoms with van der Waals surface area (Å²) in [5.74, 6) is 1.19. The van der Waals surface area contributed by atoms with Crippen molar-refractivity contribution in [2.45, 2.75) is 38.8 Å². The molecule has 0 unspecified atom stereocenters. The van der Waals surface area contributed by atoms with Gasteiger partial charge in [0.2, 0.25) is 5.96 Å². The number of nitriles is 1. The summed E-state index contributed by atoms with van der Waals surface area (Å²) in [6, 6.07) is 10.9. The lowest BCUT2D eigenvalue weighted by Gasteiger charge is -2.08. The highest BCUT2D eigenvalue weighted by atomic mass is 35.5. The van der Waals surface area contributed by atoms with Crippen molar-refractivity contribution in [1.82, 2.24) is 5.32 Å². The van der Waals surface area contributed by atoms with Crippen LogP contribution in [0, 0.1) is 11.5 Å². The van der Waals surface area contributed by atoms with Gasteiger partial charge in [0.1, 0.15) is 5.75 Å². The summed E-state index contributed by atoms with van der Waals surface area (Å²) < 4.78 is 17.2. The molecule has 1 aromatic heterocycles. The number of nitrogens with zero attached hydrogens (tertiary/aromatic N) is 3. The van der Waals surface area contributed by atoms with E-state index in [4.69, 9.17) is 36.8 Å². The molecule has 0 radical (unpaired) electrons. The van der Waals surface area contributed by atoms with E-state index in [9.17, 15) is 4.79 Å². The quantitative estimate of drug-likeness (QED) is 0.0677. The number of pyridine rings is 1. The molecule has 2 aromatic rings. The monoisotopic (exact) mass is 503 g/mol. The summed E-state index contributed by atoms with van der Waals surface area (Å²) in [4.78, 5) is 15.9. The topological polar surface area (TPSA) is 135 Å². The number of halogens is 1. The van der Waals surface area contributed by atoms with Crippen LogP contribution in [0.5, 0.6) is 5.75 Å². The van der Waals surface area contributed by atoms with Crippen LogP contribution in [0.3, 0.4) is 0 Å². The highest BCUT2D eigenvalue weighted by molar-refractivity contribution is 6.30. The summed E-state index contributed by atoms with van der Waals surface area (Å²) >= 11 is 5.86. The van der Waals surface area contributed by atoms with Crippen LogP contribution in [0.4, 0.5) is 10.5 Å².